The maximum atomic E-state index is 13.3. The van der Waals surface area contributed by atoms with Crippen LogP contribution in [0.3, 0.4) is 0 Å². The normalized spacial score (nSPS) is 13.4. The SMILES string of the molecule is COc1cc(C(=O)Nc2cccc(-c3cccc(NC(=O)c4cc(OC)c(CNCCS(C)(=N)=O)cn4)c3C)c2C)ncc1CNCCS(C)(=N)=O. The van der Waals surface area contributed by atoms with Gasteiger partial charge in [0.15, 0.2) is 0 Å². The molecule has 2 atom stereocenters. The summed E-state index contributed by atoms with van der Waals surface area (Å²) in [6.45, 7) is 5.36. The van der Waals surface area contributed by atoms with E-state index in [0.717, 1.165) is 33.4 Å². The summed E-state index contributed by atoms with van der Waals surface area (Å²) in [7, 11) is -2.17. The summed E-state index contributed by atoms with van der Waals surface area (Å²) in [6, 6.07) is 14.3. The molecule has 0 bridgehead atoms. The quantitative estimate of drug-likeness (QED) is 0.0812. The van der Waals surface area contributed by atoms with E-state index in [0.29, 0.717) is 49.1 Å². The second-order valence-electron chi connectivity index (χ2n) is 12.4. The van der Waals surface area contributed by atoms with Crippen LogP contribution in [-0.4, -0.2) is 81.5 Å². The average Bonchev–Trinajstić information content (AvgIpc) is 3.09. The Morgan fingerprint density at radius 3 is 1.42 bits per heavy atom. The Labute approximate surface area is 305 Å². The minimum absolute atomic E-state index is 0.167. The van der Waals surface area contributed by atoms with Gasteiger partial charge in [0.1, 0.15) is 22.9 Å². The number of anilines is 2. The Morgan fingerprint density at radius 1 is 0.692 bits per heavy atom. The van der Waals surface area contributed by atoms with E-state index in [2.05, 4.69) is 31.2 Å². The van der Waals surface area contributed by atoms with Crippen molar-refractivity contribution in [2.24, 2.45) is 0 Å². The van der Waals surface area contributed by atoms with Gasteiger partial charge in [0, 0.05) is 117 Å². The van der Waals surface area contributed by atoms with Gasteiger partial charge in [0.05, 0.1) is 14.2 Å². The molecule has 16 heteroatoms. The van der Waals surface area contributed by atoms with Gasteiger partial charge in [-0.25, -0.2) is 0 Å². The highest BCUT2D eigenvalue weighted by molar-refractivity contribution is 7.91. The van der Waals surface area contributed by atoms with E-state index in [-0.39, 0.29) is 22.9 Å². The van der Waals surface area contributed by atoms with Gasteiger partial charge in [0.2, 0.25) is 0 Å². The van der Waals surface area contributed by atoms with Crippen LogP contribution in [0.5, 0.6) is 11.5 Å². The first-order valence-corrected chi connectivity index (χ1v) is 20.6. The number of carbonyl (C=O) groups excluding carboxylic acids is 2. The fourth-order valence-electron chi connectivity index (χ4n) is 5.30. The number of aromatic nitrogens is 2. The molecule has 0 aliphatic rings. The number of rotatable bonds is 17. The standard InChI is InChI=1S/C36H46N8O6S2/c1-23-27(9-7-11-29(23)43-35(45)31-17-33(49-3)25(21-41-31)19-39-13-15-51(5,37)47)28-10-8-12-30(24(28)2)44-36(46)32-18-34(50-4)26(22-42-32)20-40-14-16-52(6,38)48/h7-12,17-18,21-22,37-40H,13-16,19-20H2,1-6H3,(H,43,45)(H,44,46). The van der Waals surface area contributed by atoms with Crippen molar-refractivity contribution >= 4 is 42.6 Å². The van der Waals surface area contributed by atoms with Crippen molar-refractivity contribution in [3.8, 4) is 22.6 Å². The lowest BCUT2D eigenvalue weighted by Gasteiger charge is -2.17. The Balaban J connectivity index is 1.47. The van der Waals surface area contributed by atoms with Gasteiger partial charge in [-0.2, -0.15) is 0 Å². The number of hydrogen-bond donors (Lipinski definition) is 6. The van der Waals surface area contributed by atoms with Crippen LogP contribution in [0.25, 0.3) is 11.1 Å². The zero-order valence-electron chi connectivity index (χ0n) is 30.2. The predicted octanol–water partition coefficient (Wildman–Crippen LogP) is 4.81. The zero-order valence-corrected chi connectivity index (χ0v) is 31.8. The maximum absolute atomic E-state index is 13.3. The minimum atomic E-state index is -2.59. The van der Waals surface area contributed by atoms with Crippen LogP contribution in [-0.2, 0) is 32.5 Å². The van der Waals surface area contributed by atoms with Crippen LogP contribution in [0.2, 0.25) is 0 Å². The van der Waals surface area contributed by atoms with E-state index in [1.54, 1.807) is 36.7 Å². The van der Waals surface area contributed by atoms with Crippen molar-refractivity contribution in [1.29, 1.82) is 9.56 Å². The molecule has 52 heavy (non-hydrogen) atoms. The summed E-state index contributed by atoms with van der Waals surface area (Å²) in [4.78, 5) is 35.3. The second kappa shape index (κ2) is 17.5. The summed E-state index contributed by atoms with van der Waals surface area (Å²) in [5, 5.41) is 12.2. The Kier molecular flexibility index (Phi) is 13.5. The Hall–Kier alpha value is -4.90. The topological polar surface area (TPSA) is 208 Å². The fraction of sp³-hybridized carbons (Fsp3) is 0.333. The van der Waals surface area contributed by atoms with Gasteiger partial charge in [-0.15, -0.1) is 0 Å². The zero-order chi connectivity index (χ0) is 38.1. The predicted molar refractivity (Wildman–Crippen MR) is 206 cm³/mol. The number of amides is 2. The first-order chi connectivity index (χ1) is 24.6. The molecule has 0 aliphatic carbocycles. The second-order valence-corrected chi connectivity index (χ2v) is 17.2. The van der Waals surface area contributed by atoms with Gasteiger partial charge in [-0.05, 0) is 48.2 Å². The summed E-state index contributed by atoms with van der Waals surface area (Å²) in [5.41, 5.74) is 6.32. The molecule has 4 aromatic rings. The van der Waals surface area contributed by atoms with Crippen molar-refractivity contribution < 1.29 is 27.5 Å². The first kappa shape index (κ1) is 39.9. The molecule has 0 saturated heterocycles. The van der Waals surface area contributed by atoms with Crippen molar-refractivity contribution in [2.45, 2.75) is 26.9 Å². The van der Waals surface area contributed by atoms with E-state index >= 15 is 0 Å². The van der Waals surface area contributed by atoms with E-state index < -0.39 is 31.3 Å². The van der Waals surface area contributed by atoms with Crippen LogP contribution >= 0.6 is 0 Å². The smallest absolute Gasteiger partial charge is 0.274 e. The molecule has 0 spiro atoms. The average molecular weight is 751 g/mol. The van der Waals surface area contributed by atoms with Gasteiger partial charge in [-0.3, -0.25) is 37.5 Å². The molecule has 6 N–H and O–H groups in total. The lowest BCUT2D eigenvalue weighted by molar-refractivity contribution is 0.101. The number of ether oxygens (including phenoxy) is 2. The highest BCUT2D eigenvalue weighted by atomic mass is 32.2. The molecule has 2 aromatic heterocycles. The molecule has 4 rings (SSSR count). The van der Waals surface area contributed by atoms with Crippen molar-refractivity contribution in [1.82, 2.24) is 20.6 Å². The minimum Gasteiger partial charge on any atom is -0.496 e. The van der Waals surface area contributed by atoms with E-state index in [1.165, 1.54) is 26.7 Å². The molecule has 0 saturated carbocycles. The van der Waals surface area contributed by atoms with Crippen LogP contribution in [0.15, 0.2) is 60.9 Å². The first-order valence-electron chi connectivity index (χ1n) is 16.3. The third kappa shape index (κ3) is 11.0. The molecule has 2 amide bonds. The van der Waals surface area contributed by atoms with Crippen molar-refractivity contribution in [3.05, 3.63) is 94.6 Å². The fourth-order valence-corrected chi connectivity index (χ4v) is 6.37. The molecular weight excluding hydrogens is 705 g/mol. The molecule has 14 nitrogen and oxygen atoms in total. The molecule has 0 fully saturated rings. The maximum Gasteiger partial charge on any atom is 0.274 e. The summed E-state index contributed by atoms with van der Waals surface area (Å²) < 4.78 is 49.3. The number of carbonyl (C=O) groups is 2. The highest BCUT2D eigenvalue weighted by Gasteiger charge is 2.18. The third-order valence-corrected chi connectivity index (χ3v) is 10.2. The van der Waals surface area contributed by atoms with E-state index in [9.17, 15) is 18.0 Å². The number of benzene rings is 2. The van der Waals surface area contributed by atoms with Gasteiger partial charge in [-0.1, -0.05) is 24.3 Å². The number of methoxy groups -OCH3 is 2. The molecule has 2 unspecified atom stereocenters. The van der Waals surface area contributed by atoms with Gasteiger partial charge < -0.3 is 30.7 Å². The summed E-state index contributed by atoms with van der Waals surface area (Å²) in [5.74, 6) is 0.566. The van der Waals surface area contributed by atoms with Crippen LogP contribution in [0, 0.1) is 23.4 Å². The highest BCUT2D eigenvalue weighted by Crippen LogP contribution is 2.34. The molecule has 278 valence electrons. The van der Waals surface area contributed by atoms with Gasteiger partial charge >= 0.3 is 0 Å². The lowest BCUT2D eigenvalue weighted by Crippen LogP contribution is -2.22. The van der Waals surface area contributed by atoms with Crippen molar-refractivity contribution in [2.75, 3.05) is 62.0 Å². The lowest BCUT2D eigenvalue weighted by atomic mass is 9.94. The van der Waals surface area contributed by atoms with E-state index in [1.807, 2.05) is 38.1 Å². The Bertz CT molecular complexity index is 2010. The van der Waals surface area contributed by atoms with Crippen molar-refractivity contribution in [3.63, 3.8) is 0 Å². The van der Waals surface area contributed by atoms with Crippen LogP contribution in [0.1, 0.15) is 43.2 Å². The van der Waals surface area contributed by atoms with Crippen LogP contribution in [0.4, 0.5) is 11.4 Å². The number of nitrogens with one attached hydrogen (secondary N) is 6. The monoisotopic (exact) mass is 750 g/mol. The van der Waals surface area contributed by atoms with E-state index in [4.69, 9.17) is 19.0 Å². The molecule has 0 aliphatic heterocycles. The largest absolute Gasteiger partial charge is 0.496 e. The Morgan fingerprint density at radius 2 is 1.08 bits per heavy atom. The molecular formula is C36H46N8O6S2. The third-order valence-electron chi connectivity index (χ3n) is 8.21. The number of hydrogen-bond acceptors (Lipinski definition) is 12. The van der Waals surface area contributed by atoms with Gasteiger partial charge in [0.25, 0.3) is 11.8 Å². The number of nitrogens with zero attached hydrogens (tertiary/aromatic N) is 2. The number of pyridine rings is 2. The van der Waals surface area contributed by atoms with Crippen LogP contribution < -0.4 is 30.7 Å². The summed E-state index contributed by atoms with van der Waals surface area (Å²) in [6.07, 6.45) is 5.92. The molecule has 2 heterocycles. The molecule has 0 radical (unpaired) electrons. The molecule has 2 aromatic carbocycles. The summed E-state index contributed by atoms with van der Waals surface area (Å²) >= 11 is 0.